The molecular weight excluding hydrogens is 372 g/mol. The highest BCUT2D eigenvalue weighted by Gasteiger charge is 2.10. The van der Waals surface area contributed by atoms with Gasteiger partial charge < -0.3 is 14.0 Å². The van der Waals surface area contributed by atoms with E-state index in [1.54, 1.807) is 7.11 Å². The molecule has 0 aliphatic carbocycles. The Kier molecular flexibility index (Phi) is 6.65. The first-order chi connectivity index (χ1) is 14.8. The van der Waals surface area contributed by atoms with Crippen LogP contribution in [0.3, 0.4) is 0 Å². The van der Waals surface area contributed by atoms with Crippen molar-refractivity contribution in [2.24, 2.45) is 0 Å². The van der Waals surface area contributed by atoms with Crippen molar-refractivity contribution in [1.29, 1.82) is 0 Å². The lowest BCUT2D eigenvalue weighted by molar-refractivity contribution is 0.301. The van der Waals surface area contributed by atoms with E-state index >= 15 is 0 Å². The van der Waals surface area contributed by atoms with Crippen molar-refractivity contribution in [3.63, 3.8) is 0 Å². The third-order valence-electron chi connectivity index (χ3n) is 5.30. The van der Waals surface area contributed by atoms with Crippen molar-refractivity contribution in [3.05, 3.63) is 90.3 Å². The molecule has 4 nitrogen and oxygen atoms in total. The fourth-order valence-electron chi connectivity index (χ4n) is 3.72. The van der Waals surface area contributed by atoms with Gasteiger partial charge in [0.25, 0.3) is 0 Å². The van der Waals surface area contributed by atoms with E-state index in [0.717, 1.165) is 55.1 Å². The lowest BCUT2D eigenvalue weighted by Crippen LogP contribution is -2.07. The van der Waals surface area contributed by atoms with Gasteiger partial charge in [0, 0.05) is 19.0 Å². The van der Waals surface area contributed by atoms with Gasteiger partial charge in [-0.05, 0) is 49.1 Å². The van der Waals surface area contributed by atoms with E-state index in [1.807, 2.05) is 24.3 Å². The quantitative estimate of drug-likeness (QED) is 0.321. The summed E-state index contributed by atoms with van der Waals surface area (Å²) in [6.07, 6.45) is 3.98. The number of imidazole rings is 1. The van der Waals surface area contributed by atoms with Crippen LogP contribution in [0.2, 0.25) is 0 Å². The van der Waals surface area contributed by atoms with Gasteiger partial charge in [-0.3, -0.25) is 0 Å². The molecule has 0 saturated carbocycles. The molecule has 0 radical (unpaired) electrons. The zero-order valence-corrected chi connectivity index (χ0v) is 17.5. The van der Waals surface area contributed by atoms with Crippen LogP contribution < -0.4 is 9.47 Å². The van der Waals surface area contributed by atoms with Crippen molar-refractivity contribution >= 4 is 11.0 Å². The number of hydrogen-bond acceptors (Lipinski definition) is 3. The Hall–Kier alpha value is -3.27. The van der Waals surface area contributed by atoms with E-state index in [1.165, 1.54) is 11.1 Å². The van der Waals surface area contributed by atoms with Gasteiger partial charge in [-0.2, -0.15) is 0 Å². The lowest BCUT2D eigenvalue weighted by Gasteiger charge is -2.11. The summed E-state index contributed by atoms with van der Waals surface area (Å²) in [5, 5.41) is 0. The Morgan fingerprint density at radius 3 is 2.47 bits per heavy atom. The molecule has 4 aromatic rings. The number of aryl methyl sites for hydroxylation is 3. The van der Waals surface area contributed by atoms with Gasteiger partial charge in [0.2, 0.25) is 0 Å². The fourth-order valence-corrected chi connectivity index (χ4v) is 3.72. The molecule has 0 aliphatic rings. The summed E-state index contributed by atoms with van der Waals surface area (Å²) in [6, 6.07) is 26.8. The molecule has 0 bridgehead atoms. The number of fused-ring (bicyclic) bond motifs is 1. The maximum Gasteiger partial charge on any atom is 0.122 e. The molecule has 1 heterocycles. The van der Waals surface area contributed by atoms with Gasteiger partial charge in [-0.1, -0.05) is 48.5 Å². The van der Waals surface area contributed by atoms with Crippen LogP contribution in [0.25, 0.3) is 11.0 Å². The predicted octanol–water partition coefficient (Wildman–Crippen LogP) is 5.69. The molecule has 4 rings (SSSR count). The largest absolute Gasteiger partial charge is 0.497 e. The number of para-hydroxylation sites is 2. The van der Waals surface area contributed by atoms with Crippen LogP contribution in [-0.4, -0.2) is 23.3 Å². The molecule has 0 saturated heterocycles. The van der Waals surface area contributed by atoms with Crippen LogP contribution in [0.1, 0.15) is 24.2 Å². The summed E-state index contributed by atoms with van der Waals surface area (Å²) in [7, 11) is 1.67. The number of ether oxygens (including phenoxy) is 2. The number of methoxy groups -OCH3 is 1. The van der Waals surface area contributed by atoms with Gasteiger partial charge in [0.05, 0.1) is 24.8 Å². The maximum atomic E-state index is 5.89. The van der Waals surface area contributed by atoms with E-state index < -0.39 is 0 Å². The lowest BCUT2D eigenvalue weighted by atomic mass is 10.1. The number of benzene rings is 3. The molecule has 154 valence electrons. The van der Waals surface area contributed by atoms with Gasteiger partial charge in [-0.25, -0.2) is 4.98 Å². The summed E-state index contributed by atoms with van der Waals surface area (Å²) < 4.78 is 13.5. The van der Waals surface area contributed by atoms with Gasteiger partial charge in [0.15, 0.2) is 0 Å². The highest BCUT2D eigenvalue weighted by molar-refractivity contribution is 5.75. The number of rotatable bonds is 10. The highest BCUT2D eigenvalue weighted by atomic mass is 16.5. The molecule has 0 amide bonds. The third kappa shape index (κ3) is 5.01. The van der Waals surface area contributed by atoms with Crippen LogP contribution in [0.15, 0.2) is 78.9 Å². The molecule has 4 heteroatoms. The second kappa shape index (κ2) is 9.97. The van der Waals surface area contributed by atoms with E-state index in [9.17, 15) is 0 Å². The Bertz CT molecular complexity index is 1070. The average molecular weight is 401 g/mol. The minimum Gasteiger partial charge on any atom is -0.497 e. The monoisotopic (exact) mass is 400 g/mol. The first-order valence-electron chi connectivity index (χ1n) is 10.6. The van der Waals surface area contributed by atoms with Crippen molar-refractivity contribution in [2.75, 3.05) is 13.7 Å². The second-order valence-corrected chi connectivity index (χ2v) is 7.39. The molecule has 0 N–H and O–H groups in total. The molecule has 30 heavy (non-hydrogen) atoms. The van der Waals surface area contributed by atoms with Crippen molar-refractivity contribution in [1.82, 2.24) is 9.55 Å². The summed E-state index contributed by atoms with van der Waals surface area (Å²) >= 11 is 0. The van der Waals surface area contributed by atoms with Crippen molar-refractivity contribution in [3.8, 4) is 11.5 Å². The fraction of sp³-hybridized carbons (Fsp3) is 0.269. The van der Waals surface area contributed by atoms with Gasteiger partial charge in [0.1, 0.15) is 17.3 Å². The van der Waals surface area contributed by atoms with E-state index in [2.05, 4.69) is 59.2 Å². The smallest absolute Gasteiger partial charge is 0.122 e. The number of nitrogens with zero attached hydrogens (tertiary/aromatic N) is 2. The minimum atomic E-state index is 0.694. The molecule has 0 spiro atoms. The SMILES string of the molecule is COc1cccc(OCCCCn2c(CCc3ccccc3)nc3ccccc32)c1. The number of unbranched alkanes of at least 4 members (excludes halogenated alkanes) is 1. The molecular formula is C26H28N2O2. The molecule has 3 aromatic carbocycles. The van der Waals surface area contributed by atoms with Gasteiger partial charge >= 0.3 is 0 Å². The second-order valence-electron chi connectivity index (χ2n) is 7.39. The molecule has 0 atom stereocenters. The Morgan fingerprint density at radius 2 is 1.60 bits per heavy atom. The number of aromatic nitrogens is 2. The van der Waals surface area contributed by atoms with Crippen molar-refractivity contribution < 1.29 is 9.47 Å². The molecule has 0 fully saturated rings. The normalized spacial score (nSPS) is 11.0. The summed E-state index contributed by atoms with van der Waals surface area (Å²) in [5.74, 6) is 2.83. The first-order valence-corrected chi connectivity index (χ1v) is 10.6. The first kappa shape index (κ1) is 20.0. The molecule has 0 aliphatic heterocycles. The van der Waals surface area contributed by atoms with E-state index in [4.69, 9.17) is 14.5 Å². The number of hydrogen-bond donors (Lipinski definition) is 0. The Labute approximate surface area is 178 Å². The van der Waals surface area contributed by atoms with Crippen molar-refractivity contribution in [2.45, 2.75) is 32.2 Å². The van der Waals surface area contributed by atoms with E-state index in [0.29, 0.717) is 6.61 Å². The molecule has 0 unspecified atom stereocenters. The van der Waals surface area contributed by atoms with Crippen LogP contribution in [-0.2, 0) is 19.4 Å². The van der Waals surface area contributed by atoms with Crippen LogP contribution in [0.4, 0.5) is 0 Å². The molecule has 1 aromatic heterocycles. The summed E-state index contributed by atoms with van der Waals surface area (Å²) in [4.78, 5) is 4.91. The predicted molar refractivity (Wildman–Crippen MR) is 121 cm³/mol. The van der Waals surface area contributed by atoms with Crippen LogP contribution in [0, 0.1) is 0 Å². The summed E-state index contributed by atoms with van der Waals surface area (Å²) in [5.41, 5.74) is 3.64. The Balaban J connectivity index is 1.36. The van der Waals surface area contributed by atoms with E-state index in [-0.39, 0.29) is 0 Å². The highest BCUT2D eigenvalue weighted by Crippen LogP contribution is 2.20. The van der Waals surface area contributed by atoms with Gasteiger partial charge in [-0.15, -0.1) is 0 Å². The Morgan fingerprint density at radius 1 is 0.800 bits per heavy atom. The zero-order chi connectivity index (χ0) is 20.6. The summed E-state index contributed by atoms with van der Waals surface area (Å²) in [6.45, 7) is 1.64. The zero-order valence-electron chi connectivity index (χ0n) is 17.5. The standard InChI is InChI=1S/C26H28N2O2/c1-29-22-12-9-13-23(20-22)30-19-8-7-18-28-25-15-6-5-14-24(25)27-26(28)17-16-21-10-3-2-4-11-21/h2-6,9-15,20H,7-8,16-19H2,1H3. The average Bonchev–Trinajstić information content (AvgIpc) is 3.16. The van der Waals surface area contributed by atoms with Crippen LogP contribution >= 0.6 is 0 Å². The maximum absolute atomic E-state index is 5.89. The third-order valence-corrected chi connectivity index (χ3v) is 5.30. The minimum absolute atomic E-state index is 0.694. The topological polar surface area (TPSA) is 36.3 Å². The van der Waals surface area contributed by atoms with Crippen LogP contribution in [0.5, 0.6) is 11.5 Å².